The zero-order valence-corrected chi connectivity index (χ0v) is 24.7. The average molecular weight is 624 g/mol. The lowest BCUT2D eigenvalue weighted by Crippen LogP contribution is -2.50. The van der Waals surface area contributed by atoms with Crippen molar-refractivity contribution < 1.29 is 31.1 Å². The first kappa shape index (κ1) is 29.9. The number of sulfonamides is 1. The van der Waals surface area contributed by atoms with Crippen LogP contribution in [-0.4, -0.2) is 91.2 Å². The number of fused-ring (bicyclic) bond motifs is 1. The van der Waals surface area contributed by atoms with E-state index >= 15 is 0 Å². The van der Waals surface area contributed by atoms with E-state index in [1.165, 1.54) is 23.5 Å². The molecular weight excluding hydrogens is 587 g/mol. The van der Waals surface area contributed by atoms with Gasteiger partial charge in [0.05, 0.1) is 41.9 Å². The Kier molecular flexibility index (Phi) is 8.41. The molecule has 3 fully saturated rings. The number of H-pyrrole nitrogens is 1. The van der Waals surface area contributed by atoms with Gasteiger partial charge in [-0.1, -0.05) is 12.8 Å². The summed E-state index contributed by atoms with van der Waals surface area (Å²) in [5.41, 5.74) is -0.430. The molecule has 2 aromatic heterocycles. The number of hydrogen-bond acceptors (Lipinski definition) is 9. The molecule has 11 nitrogen and oxygen atoms in total. The van der Waals surface area contributed by atoms with E-state index in [4.69, 9.17) is 9.47 Å². The Balaban J connectivity index is 1.23. The second kappa shape index (κ2) is 12.1. The van der Waals surface area contributed by atoms with E-state index in [9.17, 15) is 21.6 Å². The standard InChI is InChI=1S/C28H36F3N7O4S/c1-41-23-16-20(43(39,40)38-10-8-19(9-11-38)37-12-14-42-15-13-37)6-7-22(23)34-27-35-25-24(21(17-32-25)28(29,30)31)26(36-27)33-18-4-2-3-5-18/h6-7,16-19H,2-5,8-15H2,1H3,(H3,32,33,34,35,36). The zero-order chi connectivity index (χ0) is 30.2. The van der Waals surface area contributed by atoms with Crippen LogP contribution >= 0.6 is 0 Å². The van der Waals surface area contributed by atoms with Gasteiger partial charge in [-0.05, 0) is 37.8 Å². The fourth-order valence-electron chi connectivity index (χ4n) is 6.28. The minimum absolute atomic E-state index is 0.0138. The Morgan fingerprint density at radius 2 is 1.77 bits per heavy atom. The number of benzene rings is 1. The first-order chi connectivity index (χ1) is 20.6. The van der Waals surface area contributed by atoms with E-state index in [2.05, 4.69) is 30.5 Å². The lowest BCUT2D eigenvalue weighted by atomic mass is 10.0. The summed E-state index contributed by atoms with van der Waals surface area (Å²) in [4.78, 5) is 13.8. The third kappa shape index (κ3) is 6.26. The van der Waals surface area contributed by atoms with Crippen molar-refractivity contribution in [3.8, 4) is 5.75 Å². The van der Waals surface area contributed by atoms with Gasteiger partial charge in [0.15, 0.2) is 0 Å². The van der Waals surface area contributed by atoms with E-state index in [1.807, 2.05) is 0 Å². The summed E-state index contributed by atoms with van der Waals surface area (Å²) in [6.07, 6.45) is 1.49. The smallest absolute Gasteiger partial charge is 0.418 e. The topological polar surface area (TPSA) is 125 Å². The minimum Gasteiger partial charge on any atom is -0.495 e. The predicted octanol–water partition coefficient (Wildman–Crippen LogP) is 4.57. The number of morpholine rings is 1. The third-order valence-corrected chi connectivity index (χ3v) is 10.5. The molecule has 3 aromatic rings. The van der Waals surface area contributed by atoms with Gasteiger partial charge >= 0.3 is 6.18 Å². The predicted molar refractivity (Wildman–Crippen MR) is 155 cm³/mol. The van der Waals surface area contributed by atoms with Crippen molar-refractivity contribution in [2.75, 3.05) is 57.1 Å². The Hall–Kier alpha value is -3.14. The number of nitrogens with one attached hydrogen (secondary N) is 3. The van der Waals surface area contributed by atoms with Gasteiger partial charge in [0.1, 0.15) is 17.2 Å². The molecule has 0 spiro atoms. The molecule has 1 saturated carbocycles. The van der Waals surface area contributed by atoms with Crippen molar-refractivity contribution in [1.82, 2.24) is 24.2 Å². The molecule has 15 heteroatoms. The monoisotopic (exact) mass is 623 g/mol. The Labute approximate surface area is 248 Å². The number of ether oxygens (including phenoxy) is 2. The lowest BCUT2D eigenvalue weighted by Gasteiger charge is -2.39. The van der Waals surface area contributed by atoms with E-state index < -0.39 is 21.8 Å². The van der Waals surface area contributed by atoms with E-state index in [-0.39, 0.29) is 39.5 Å². The van der Waals surface area contributed by atoms with Gasteiger partial charge in [0, 0.05) is 50.5 Å². The molecule has 2 saturated heterocycles. The van der Waals surface area contributed by atoms with Gasteiger partial charge in [0.2, 0.25) is 16.0 Å². The molecule has 4 heterocycles. The number of rotatable bonds is 8. The molecule has 0 bridgehead atoms. The van der Waals surface area contributed by atoms with Gasteiger partial charge in [0.25, 0.3) is 0 Å². The molecule has 0 unspecified atom stereocenters. The highest BCUT2D eigenvalue weighted by molar-refractivity contribution is 7.89. The SMILES string of the molecule is COc1cc(S(=O)(=O)N2CCC(N3CCOCC3)CC2)ccc1Nc1nc(NC2CCCC2)c2c(C(F)(F)F)c[nH]c2n1. The lowest BCUT2D eigenvalue weighted by molar-refractivity contribution is -0.136. The van der Waals surface area contributed by atoms with Crippen molar-refractivity contribution in [2.45, 2.75) is 61.7 Å². The van der Waals surface area contributed by atoms with Crippen LogP contribution in [0.3, 0.4) is 0 Å². The van der Waals surface area contributed by atoms with Crippen LogP contribution in [0.4, 0.5) is 30.6 Å². The molecule has 234 valence electrons. The number of anilines is 3. The minimum atomic E-state index is -4.58. The van der Waals surface area contributed by atoms with Crippen LogP contribution in [0.15, 0.2) is 29.3 Å². The number of hydrogen-bond donors (Lipinski definition) is 3. The maximum Gasteiger partial charge on any atom is 0.418 e. The summed E-state index contributed by atoms with van der Waals surface area (Å²) in [6, 6.07) is 4.84. The molecule has 3 aliphatic rings. The Bertz CT molecular complexity index is 1550. The molecule has 0 atom stereocenters. The maximum atomic E-state index is 13.8. The molecule has 1 aromatic carbocycles. The quantitative estimate of drug-likeness (QED) is 0.331. The van der Waals surface area contributed by atoms with Crippen LogP contribution in [0.25, 0.3) is 11.0 Å². The molecule has 43 heavy (non-hydrogen) atoms. The first-order valence-corrected chi connectivity index (χ1v) is 16.1. The highest BCUT2D eigenvalue weighted by Gasteiger charge is 2.36. The van der Waals surface area contributed by atoms with Crippen LogP contribution in [-0.2, 0) is 20.9 Å². The molecular formula is C28H36F3N7O4S. The maximum absolute atomic E-state index is 13.8. The number of alkyl halides is 3. The van der Waals surface area contributed by atoms with Crippen LogP contribution in [0.1, 0.15) is 44.1 Å². The van der Waals surface area contributed by atoms with Gasteiger partial charge in [-0.25, -0.2) is 8.42 Å². The molecule has 2 aliphatic heterocycles. The Morgan fingerprint density at radius 3 is 2.44 bits per heavy atom. The number of aromatic amines is 1. The molecule has 0 amide bonds. The summed E-state index contributed by atoms with van der Waals surface area (Å²) in [5, 5.41) is 6.09. The fourth-order valence-corrected chi connectivity index (χ4v) is 7.76. The van der Waals surface area contributed by atoms with E-state index in [0.29, 0.717) is 38.0 Å². The number of nitrogens with zero attached hydrogens (tertiary/aromatic N) is 4. The average Bonchev–Trinajstić information content (AvgIpc) is 3.68. The Morgan fingerprint density at radius 1 is 1.05 bits per heavy atom. The normalized spacial score (nSPS) is 20.1. The molecule has 6 rings (SSSR count). The van der Waals surface area contributed by atoms with Crippen molar-refractivity contribution in [1.29, 1.82) is 0 Å². The van der Waals surface area contributed by atoms with Gasteiger partial charge in [-0.15, -0.1) is 0 Å². The number of halogens is 3. The summed E-state index contributed by atoms with van der Waals surface area (Å²) < 4.78 is 80.8. The van der Waals surface area contributed by atoms with Crippen molar-refractivity contribution in [2.24, 2.45) is 0 Å². The second-order valence-electron chi connectivity index (χ2n) is 11.2. The zero-order valence-electron chi connectivity index (χ0n) is 23.9. The van der Waals surface area contributed by atoms with Gasteiger partial charge < -0.3 is 25.1 Å². The van der Waals surface area contributed by atoms with Gasteiger partial charge in [-0.3, -0.25) is 4.90 Å². The summed E-state index contributed by atoms with van der Waals surface area (Å²) in [6.45, 7) is 3.99. The highest BCUT2D eigenvalue weighted by atomic mass is 32.2. The van der Waals surface area contributed by atoms with Crippen LogP contribution in [0.2, 0.25) is 0 Å². The molecule has 1 aliphatic carbocycles. The summed E-state index contributed by atoms with van der Waals surface area (Å²) >= 11 is 0. The summed E-state index contributed by atoms with van der Waals surface area (Å²) in [5.74, 6) is 0.370. The van der Waals surface area contributed by atoms with Crippen LogP contribution in [0, 0.1) is 0 Å². The number of aromatic nitrogens is 3. The van der Waals surface area contributed by atoms with E-state index in [1.54, 1.807) is 6.07 Å². The van der Waals surface area contributed by atoms with Crippen LogP contribution < -0.4 is 15.4 Å². The fraction of sp³-hybridized carbons (Fsp3) is 0.571. The van der Waals surface area contributed by atoms with Gasteiger partial charge in [-0.2, -0.15) is 27.4 Å². The van der Waals surface area contributed by atoms with Crippen LogP contribution in [0.5, 0.6) is 5.75 Å². The third-order valence-electron chi connectivity index (χ3n) is 8.58. The van der Waals surface area contributed by atoms with Crippen molar-refractivity contribution in [3.63, 3.8) is 0 Å². The highest BCUT2D eigenvalue weighted by Crippen LogP contribution is 2.39. The van der Waals surface area contributed by atoms with Crippen molar-refractivity contribution >= 4 is 38.5 Å². The first-order valence-electron chi connectivity index (χ1n) is 14.6. The summed E-state index contributed by atoms with van der Waals surface area (Å²) in [7, 11) is -2.35. The van der Waals surface area contributed by atoms with Crippen molar-refractivity contribution in [3.05, 3.63) is 30.0 Å². The largest absolute Gasteiger partial charge is 0.495 e. The van der Waals surface area contributed by atoms with E-state index in [0.717, 1.165) is 57.8 Å². The molecule has 0 radical (unpaired) electrons. The number of methoxy groups -OCH3 is 1. The second-order valence-corrected chi connectivity index (χ2v) is 13.2. The number of piperidine rings is 1. The molecule has 3 N–H and O–H groups in total.